The summed E-state index contributed by atoms with van der Waals surface area (Å²) in [6, 6.07) is 61.2. The van der Waals surface area contributed by atoms with Crippen LogP contribution in [-0.4, -0.2) is 9.97 Å². The molecule has 266 valence electrons. The van der Waals surface area contributed by atoms with Crippen LogP contribution in [0.5, 0.6) is 0 Å². The molecule has 0 aliphatic carbocycles. The Hall–Kier alpha value is -7.30. The maximum absolute atomic E-state index is 4.55. The van der Waals surface area contributed by atoms with Gasteiger partial charge in [0, 0.05) is 57.7 Å². The van der Waals surface area contributed by atoms with Gasteiger partial charge in [-0.1, -0.05) is 109 Å². The van der Waals surface area contributed by atoms with Crippen LogP contribution < -0.4 is 9.80 Å². The van der Waals surface area contributed by atoms with Crippen molar-refractivity contribution in [2.24, 2.45) is 0 Å². The van der Waals surface area contributed by atoms with Crippen LogP contribution >= 0.6 is 0 Å². The molecule has 0 saturated carbocycles. The van der Waals surface area contributed by atoms with Gasteiger partial charge >= 0.3 is 0 Å². The molecule has 0 atom stereocenters. The van der Waals surface area contributed by atoms with Crippen molar-refractivity contribution < 1.29 is 0 Å². The molecule has 0 fully saturated rings. The van der Waals surface area contributed by atoms with Crippen LogP contribution in [0.25, 0.3) is 54.2 Å². The summed E-state index contributed by atoms with van der Waals surface area (Å²) in [5, 5.41) is 9.32. The second-order valence-electron chi connectivity index (χ2n) is 14.4. The molecule has 0 unspecified atom stereocenters. The molecule has 0 saturated heterocycles. The third kappa shape index (κ3) is 5.71. The molecular weight excluding hydrogens is 681 g/mol. The fraction of sp³-hybridized carbons (Fsp3) is 0.0385. The van der Waals surface area contributed by atoms with Crippen molar-refractivity contribution in [2.45, 2.75) is 13.8 Å². The Kier molecular flexibility index (Phi) is 8.23. The third-order valence-electron chi connectivity index (χ3n) is 11.0. The van der Waals surface area contributed by atoms with E-state index in [1.807, 2.05) is 24.8 Å². The smallest absolute Gasteiger partial charge is 0.0555 e. The first-order valence-electron chi connectivity index (χ1n) is 19.1. The van der Waals surface area contributed by atoms with E-state index in [9.17, 15) is 0 Å². The summed E-state index contributed by atoms with van der Waals surface area (Å²) in [5.41, 5.74) is 11.5. The van der Waals surface area contributed by atoms with Crippen molar-refractivity contribution in [1.82, 2.24) is 9.97 Å². The number of hydrogen-bond donors (Lipinski definition) is 0. The van der Waals surface area contributed by atoms with Crippen molar-refractivity contribution in [3.05, 3.63) is 206 Å². The standard InChI is InChI=1S/C52H38N4/c1-35-31-43(56(49-20-8-14-38-12-4-6-18-45(38)49)51-22-10-16-40-28-30-54-34-47(40)51)32-36(2)52(35)41-23-25-42(26-24-41)55(48-19-7-13-37-11-3-5-17-44(37)48)50-21-9-15-39-27-29-53-33-46(39)50/h3-34H,1-2H3. The molecule has 0 aliphatic heterocycles. The van der Waals surface area contributed by atoms with E-state index < -0.39 is 0 Å². The first kappa shape index (κ1) is 33.3. The van der Waals surface area contributed by atoms with E-state index in [1.54, 1.807) is 0 Å². The van der Waals surface area contributed by atoms with Gasteiger partial charge in [-0.05, 0) is 118 Å². The Morgan fingerprint density at radius 2 is 0.750 bits per heavy atom. The second kappa shape index (κ2) is 13.8. The van der Waals surface area contributed by atoms with Gasteiger partial charge in [-0.3, -0.25) is 9.97 Å². The molecule has 4 heteroatoms. The van der Waals surface area contributed by atoms with Gasteiger partial charge in [0.1, 0.15) is 0 Å². The van der Waals surface area contributed by atoms with Crippen molar-refractivity contribution in [1.29, 1.82) is 0 Å². The zero-order valence-corrected chi connectivity index (χ0v) is 31.3. The monoisotopic (exact) mass is 718 g/mol. The van der Waals surface area contributed by atoms with Crippen LogP contribution in [0.4, 0.5) is 34.1 Å². The summed E-state index contributed by atoms with van der Waals surface area (Å²) in [6.07, 6.45) is 7.68. The lowest BCUT2D eigenvalue weighted by atomic mass is 9.93. The van der Waals surface area contributed by atoms with Gasteiger partial charge in [0.15, 0.2) is 0 Å². The lowest BCUT2D eigenvalue weighted by Gasteiger charge is -2.29. The normalized spacial score (nSPS) is 11.4. The van der Waals surface area contributed by atoms with Gasteiger partial charge in [-0.25, -0.2) is 0 Å². The molecule has 2 aromatic heterocycles. The minimum Gasteiger partial charge on any atom is -0.309 e. The number of pyridine rings is 2. The van der Waals surface area contributed by atoms with Crippen molar-refractivity contribution in [2.75, 3.05) is 9.80 Å². The van der Waals surface area contributed by atoms with Crippen LogP contribution in [0.15, 0.2) is 195 Å². The minimum atomic E-state index is 1.08. The maximum Gasteiger partial charge on any atom is 0.0555 e. The van der Waals surface area contributed by atoms with Crippen LogP contribution in [0, 0.1) is 13.8 Å². The molecule has 10 aromatic rings. The maximum atomic E-state index is 4.55. The van der Waals surface area contributed by atoms with E-state index in [1.165, 1.54) is 43.8 Å². The summed E-state index contributed by atoms with van der Waals surface area (Å²) in [6.45, 7) is 4.47. The number of benzene rings is 8. The highest BCUT2D eigenvalue weighted by molar-refractivity contribution is 6.06. The number of hydrogen-bond acceptors (Lipinski definition) is 4. The molecule has 0 N–H and O–H groups in total. The van der Waals surface area contributed by atoms with Crippen molar-refractivity contribution >= 4 is 77.2 Å². The number of anilines is 6. The predicted molar refractivity (Wildman–Crippen MR) is 236 cm³/mol. The van der Waals surface area contributed by atoms with Gasteiger partial charge in [-0.15, -0.1) is 0 Å². The highest BCUT2D eigenvalue weighted by Gasteiger charge is 2.21. The van der Waals surface area contributed by atoms with E-state index in [0.29, 0.717) is 0 Å². The van der Waals surface area contributed by atoms with Gasteiger partial charge in [0.05, 0.1) is 22.7 Å². The van der Waals surface area contributed by atoms with E-state index in [-0.39, 0.29) is 0 Å². The first-order valence-corrected chi connectivity index (χ1v) is 19.1. The van der Waals surface area contributed by atoms with Gasteiger partial charge in [-0.2, -0.15) is 0 Å². The second-order valence-corrected chi connectivity index (χ2v) is 14.4. The van der Waals surface area contributed by atoms with E-state index in [0.717, 1.165) is 55.7 Å². The van der Waals surface area contributed by atoms with E-state index in [2.05, 4.69) is 203 Å². The van der Waals surface area contributed by atoms with Crippen molar-refractivity contribution in [3.63, 3.8) is 0 Å². The highest BCUT2D eigenvalue weighted by atomic mass is 15.2. The van der Waals surface area contributed by atoms with Crippen LogP contribution in [0.3, 0.4) is 0 Å². The Bertz CT molecular complexity index is 2870. The zero-order chi connectivity index (χ0) is 37.6. The zero-order valence-electron chi connectivity index (χ0n) is 31.3. The molecule has 0 spiro atoms. The summed E-state index contributed by atoms with van der Waals surface area (Å²) >= 11 is 0. The third-order valence-corrected chi connectivity index (χ3v) is 11.0. The predicted octanol–water partition coefficient (Wildman–Crippen LogP) is 14.3. The van der Waals surface area contributed by atoms with Crippen LogP contribution in [0.1, 0.15) is 11.1 Å². The molecule has 56 heavy (non-hydrogen) atoms. The molecule has 0 radical (unpaired) electrons. The summed E-state index contributed by atoms with van der Waals surface area (Å²) < 4.78 is 0. The Labute approximate surface area is 326 Å². The largest absolute Gasteiger partial charge is 0.309 e. The average Bonchev–Trinajstić information content (AvgIpc) is 3.24. The fourth-order valence-corrected chi connectivity index (χ4v) is 8.51. The summed E-state index contributed by atoms with van der Waals surface area (Å²) in [4.78, 5) is 13.9. The molecule has 10 rings (SSSR count). The number of nitrogens with zero attached hydrogens (tertiary/aromatic N) is 4. The Morgan fingerprint density at radius 1 is 0.357 bits per heavy atom. The fourth-order valence-electron chi connectivity index (χ4n) is 8.51. The topological polar surface area (TPSA) is 32.3 Å². The molecule has 4 nitrogen and oxygen atoms in total. The SMILES string of the molecule is Cc1cc(N(c2cccc3ccccc23)c2cccc3ccncc23)cc(C)c1-c1ccc(N(c2cccc3ccccc23)c2cccc3ccncc23)cc1. The molecule has 0 bridgehead atoms. The molecule has 0 aliphatic rings. The van der Waals surface area contributed by atoms with Crippen LogP contribution in [-0.2, 0) is 0 Å². The highest BCUT2D eigenvalue weighted by Crippen LogP contribution is 2.45. The Morgan fingerprint density at radius 3 is 1.23 bits per heavy atom. The Balaban J connectivity index is 1.11. The number of rotatable bonds is 7. The molecule has 0 amide bonds. The number of fused-ring (bicyclic) bond motifs is 4. The van der Waals surface area contributed by atoms with E-state index in [4.69, 9.17) is 0 Å². The summed E-state index contributed by atoms with van der Waals surface area (Å²) in [5.74, 6) is 0. The minimum absolute atomic E-state index is 1.08. The van der Waals surface area contributed by atoms with Gasteiger partial charge < -0.3 is 9.80 Å². The molecule has 8 aromatic carbocycles. The van der Waals surface area contributed by atoms with Gasteiger partial charge in [0.25, 0.3) is 0 Å². The molecular formula is C52H38N4. The lowest BCUT2D eigenvalue weighted by molar-refractivity contribution is 1.26. The summed E-state index contributed by atoms with van der Waals surface area (Å²) in [7, 11) is 0. The number of aromatic nitrogens is 2. The first-order chi connectivity index (χ1) is 27.6. The quantitative estimate of drug-likeness (QED) is 0.164. The number of aryl methyl sites for hydroxylation is 2. The molecule has 2 heterocycles. The van der Waals surface area contributed by atoms with Gasteiger partial charge in [0.2, 0.25) is 0 Å². The van der Waals surface area contributed by atoms with Crippen molar-refractivity contribution in [3.8, 4) is 11.1 Å². The lowest BCUT2D eigenvalue weighted by Crippen LogP contribution is -2.12. The van der Waals surface area contributed by atoms with E-state index >= 15 is 0 Å². The average molecular weight is 719 g/mol. The van der Waals surface area contributed by atoms with Crippen LogP contribution in [0.2, 0.25) is 0 Å².